The van der Waals surface area contributed by atoms with Gasteiger partial charge in [0.2, 0.25) is 5.01 Å². The zero-order valence-corrected chi connectivity index (χ0v) is 15.2. The lowest BCUT2D eigenvalue weighted by molar-refractivity contribution is 0.0696. The minimum atomic E-state index is -1.03. The molecule has 0 bridgehead atoms. The lowest BCUT2D eigenvalue weighted by Gasteiger charge is -2.12. The number of rotatable bonds is 6. The highest BCUT2D eigenvalue weighted by molar-refractivity contribution is 7.11. The number of nitrogens with zero attached hydrogens (tertiary/aromatic N) is 1. The quantitative estimate of drug-likeness (QED) is 0.615. The van der Waals surface area contributed by atoms with E-state index in [0.717, 1.165) is 22.5 Å². The standard InChI is InChI=1S/C18H13Cl2NO3S/c19-13-5-6-16(24-9-11-3-1-2-4-15(11)20)12(7-13)8-14-10-25-17(21-14)18(22)23/h1-7,10H,8-9H2,(H,22,23). The van der Waals surface area contributed by atoms with Gasteiger partial charge in [-0.15, -0.1) is 11.3 Å². The Bertz CT molecular complexity index is 911. The average Bonchev–Trinajstić information content (AvgIpc) is 3.04. The molecule has 0 aliphatic rings. The van der Waals surface area contributed by atoms with Gasteiger partial charge in [-0.1, -0.05) is 41.4 Å². The van der Waals surface area contributed by atoms with Crippen LogP contribution in [0.1, 0.15) is 26.6 Å². The maximum absolute atomic E-state index is 11.0. The molecule has 0 saturated heterocycles. The number of ether oxygens (including phenoxy) is 1. The molecule has 0 saturated carbocycles. The van der Waals surface area contributed by atoms with E-state index in [1.54, 1.807) is 23.6 Å². The number of carboxylic acids is 1. The van der Waals surface area contributed by atoms with Crippen molar-refractivity contribution in [2.24, 2.45) is 0 Å². The second kappa shape index (κ2) is 7.87. The maximum Gasteiger partial charge on any atom is 0.365 e. The van der Waals surface area contributed by atoms with Crippen LogP contribution in [0.25, 0.3) is 0 Å². The molecule has 0 unspecified atom stereocenters. The van der Waals surface area contributed by atoms with Crippen LogP contribution in [0.2, 0.25) is 10.0 Å². The molecule has 4 nitrogen and oxygen atoms in total. The smallest absolute Gasteiger partial charge is 0.365 e. The molecule has 3 rings (SSSR count). The maximum atomic E-state index is 11.0. The number of aromatic nitrogens is 1. The molecule has 1 heterocycles. The Balaban J connectivity index is 1.80. The van der Waals surface area contributed by atoms with Crippen LogP contribution >= 0.6 is 34.5 Å². The van der Waals surface area contributed by atoms with Gasteiger partial charge in [0.25, 0.3) is 0 Å². The van der Waals surface area contributed by atoms with Crippen LogP contribution in [-0.2, 0) is 13.0 Å². The molecule has 0 aliphatic heterocycles. The van der Waals surface area contributed by atoms with Crippen molar-refractivity contribution in [1.82, 2.24) is 4.98 Å². The van der Waals surface area contributed by atoms with E-state index in [4.69, 9.17) is 33.0 Å². The summed E-state index contributed by atoms with van der Waals surface area (Å²) in [5.74, 6) is -0.369. The molecule has 0 amide bonds. The SMILES string of the molecule is O=C(O)c1nc(Cc2cc(Cl)ccc2OCc2ccccc2Cl)cs1. The highest BCUT2D eigenvalue weighted by Gasteiger charge is 2.12. The van der Waals surface area contributed by atoms with E-state index < -0.39 is 5.97 Å². The molecule has 25 heavy (non-hydrogen) atoms. The number of benzene rings is 2. The van der Waals surface area contributed by atoms with Crippen LogP contribution in [0.15, 0.2) is 47.8 Å². The van der Waals surface area contributed by atoms with Crippen LogP contribution in [-0.4, -0.2) is 16.1 Å². The third-order valence-electron chi connectivity index (χ3n) is 3.47. The van der Waals surface area contributed by atoms with Crippen molar-refractivity contribution in [3.05, 3.63) is 79.7 Å². The second-order valence-corrected chi connectivity index (χ2v) is 6.96. The third-order valence-corrected chi connectivity index (χ3v) is 4.95. The highest BCUT2D eigenvalue weighted by atomic mass is 35.5. The fraction of sp³-hybridized carbons (Fsp3) is 0.111. The van der Waals surface area contributed by atoms with Gasteiger partial charge in [-0.3, -0.25) is 0 Å². The minimum Gasteiger partial charge on any atom is -0.489 e. The number of carboxylic acid groups (broad SMARTS) is 1. The van der Waals surface area contributed by atoms with Gasteiger partial charge in [-0.2, -0.15) is 0 Å². The molecule has 3 aromatic rings. The Morgan fingerprint density at radius 3 is 2.68 bits per heavy atom. The fourth-order valence-corrected chi connectivity index (χ4v) is 3.32. The summed E-state index contributed by atoms with van der Waals surface area (Å²) in [6.45, 7) is 0.325. The van der Waals surface area contributed by atoms with Gasteiger partial charge in [0.05, 0.1) is 5.69 Å². The molecule has 2 aromatic carbocycles. The largest absolute Gasteiger partial charge is 0.489 e. The van der Waals surface area contributed by atoms with Crippen molar-refractivity contribution < 1.29 is 14.6 Å². The Hall–Kier alpha value is -2.08. The zero-order chi connectivity index (χ0) is 17.8. The van der Waals surface area contributed by atoms with Crippen LogP contribution in [0, 0.1) is 0 Å². The number of aromatic carboxylic acids is 1. The van der Waals surface area contributed by atoms with Gasteiger partial charge < -0.3 is 9.84 Å². The van der Waals surface area contributed by atoms with Gasteiger partial charge in [-0.25, -0.2) is 9.78 Å². The van der Waals surface area contributed by atoms with Crippen LogP contribution in [0.3, 0.4) is 0 Å². The molecule has 7 heteroatoms. The summed E-state index contributed by atoms with van der Waals surface area (Å²) in [6, 6.07) is 12.8. The monoisotopic (exact) mass is 393 g/mol. The van der Waals surface area contributed by atoms with E-state index in [9.17, 15) is 4.79 Å². The summed E-state index contributed by atoms with van der Waals surface area (Å²) in [6.07, 6.45) is 0.433. The number of hydrogen-bond donors (Lipinski definition) is 1. The molecule has 0 atom stereocenters. The number of halogens is 2. The number of thiazole rings is 1. The fourth-order valence-electron chi connectivity index (χ4n) is 2.28. The first-order valence-electron chi connectivity index (χ1n) is 7.35. The first kappa shape index (κ1) is 17.7. The van der Waals surface area contributed by atoms with Gasteiger partial charge in [0.1, 0.15) is 12.4 Å². The summed E-state index contributed by atoms with van der Waals surface area (Å²) in [5, 5.41) is 12.0. The second-order valence-electron chi connectivity index (χ2n) is 5.26. The van der Waals surface area contributed by atoms with Crippen LogP contribution in [0.4, 0.5) is 0 Å². The van der Waals surface area contributed by atoms with Gasteiger partial charge >= 0.3 is 5.97 Å². The Kier molecular flexibility index (Phi) is 5.58. The summed E-state index contributed by atoms with van der Waals surface area (Å²) < 4.78 is 5.90. The first-order valence-corrected chi connectivity index (χ1v) is 8.99. The predicted molar refractivity (Wildman–Crippen MR) is 99.1 cm³/mol. The molecule has 0 fully saturated rings. The predicted octanol–water partition coefficient (Wildman–Crippen LogP) is 5.32. The van der Waals surface area contributed by atoms with Crippen molar-refractivity contribution in [2.45, 2.75) is 13.0 Å². The highest BCUT2D eigenvalue weighted by Crippen LogP contribution is 2.27. The minimum absolute atomic E-state index is 0.0653. The molecule has 128 valence electrons. The average molecular weight is 394 g/mol. The number of hydrogen-bond acceptors (Lipinski definition) is 4. The van der Waals surface area contributed by atoms with Crippen molar-refractivity contribution in [1.29, 1.82) is 0 Å². The van der Waals surface area contributed by atoms with Crippen LogP contribution < -0.4 is 4.74 Å². The van der Waals surface area contributed by atoms with Gasteiger partial charge in [-0.05, 0) is 24.3 Å². The molecular weight excluding hydrogens is 381 g/mol. The summed E-state index contributed by atoms with van der Waals surface area (Å²) in [4.78, 5) is 15.1. The molecule has 0 radical (unpaired) electrons. The third kappa shape index (κ3) is 4.51. The van der Waals surface area contributed by atoms with E-state index in [2.05, 4.69) is 4.98 Å². The molecule has 0 aliphatic carbocycles. The van der Waals surface area contributed by atoms with Gasteiger partial charge in [0, 0.05) is 33.0 Å². The molecule has 0 spiro atoms. The summed E-state index contributed by atoms with van der Waals surface area (Å²) in [7, 11) is 0. The van der Waals surface area contributed by atoms with Crippen molar-refractivity contribution in [3.8, 4) is 5.75 Å². The van der Waals surface area contributed by atoms with Crippen molar-refractivity contribution in [2.75, 3.05) is 0 Å². The summed E-state index contributed by atoms with van der Waals surface area (Å²) in [5.41, 5.74) is 2.38. The topological polar surface area (TPSA) is 59.4 Å². The number of carbonyl (C=O) groups is 1. The lowest BCUT2D eigenvalue weighted by Crippen LogP contribution is -2.01. The van der Waals surface area contributed by atoms with E-state index in [1.165, 1.54) is 0 Å². The Labute approximate surface area is 158 Å². The summed E-state index contributed by atoms with van der Waals surface area (Å²) >= 11 is 13.3. The zero-order valence-electron chi connectivity index (χ0n) is 12.9. The van der Waals surface area contributed by atoms with Crippen LogP contribution in [0.5, 0.6) is 5.75 Å². The van der Waals surface area contributed by atoms with Gasteiger partial charge in [0.15, 0.2) is 0 Å². The molecule has 1 aromatic heterocycles. The van der Waals surface area contributed by atoms with Crippen molar-refractivity contribution >= 4 is 40.5 Å². The Morgan fingerprint density at radius 2 is 1.96 bits per heavy atom. The first-order chi connectivity index (χ1) is 12.0. The normalized spacial score (nSPS) is 10.6. The van der Waals surface area contributed by atoms with E-state index in [-0.39, 0.29) is 5.01 Å². The lowest BCUT2D eigenvalue weighted by atomic mass is 10.1. The molecule has 1 N–H and O–H groups in total. The van der Waals surface area contributed by atoms with Crippen molar-refractivity contribution in [3.63, 3.8) is 0 Å². The molecular formula is C18H13Cl2NO3S. The van der Waals surface area contributed by atoms with E-state index in [1.807, 2.05) is 24.3 Å². The Morgan fingerprint density at radius 1 is 1.16 bits per heavy atom. The van der Waals surface area contributed by atoms with E-state index in [0.29, 0.717) is 34.5 Å². The van der Waals surface area contributed by atoms with E-state index >= 15 is 0 Å².